The highest BCUT2D eigenvalue weighted by molar-refractivity contribution is 7.18. The Morgan fingerprint density at radius 1 is 1.00 bits per heavy atom. The van der Waals surface area contributed by atoms with Gasteiger partial charge in [0.25, 0.3) is 5.91 Å². The second kappa shape index (κ2) is 13.9. The zero-order chi connectivity index (χ0) is 31.4. The van der Waals surface area contributed by atoms with Gasteiger partial charge in [-0.3, -0.25) is 14.9 Å². The first-order chi connectivity index (χ1) is 21.1. The molecule has 2 amide bonds. The number of hydrogen-bond acceptors (Lipinski definition) is 6. The number of aliphatic hydroxyl groups is 1. The van der Waals surface area contributed by atoms with E-state index in [0.717, 1.165) is 11.1 Å². The molecule has 1 saturated heterocycles. The summed E-state index contributed by atoms with van der Waals surface area (Å²) in [6, 6.07) is 18.3. The highest BCUT2D eigenvalue weighted by Crippen LogP contribution is 2.50. The van der Waals surface area contributed by atoms with Gasteiger partial charge in [0.2, 0.25) is 5.91 Å². The van der Waals surface area contributed by atoms with E-state index in [4.69, 9.17) is 45.3 Å². The Labute approximate surface area is 273 Å². The highest BCUT2D eigenvalue weighted by atomic mass is 35.5. The summed E-state index contributed by atoms with van der Waals surface area (Å²) in [5.41, 5.74) is 7.66. The molecule has 0 radical (unpaired) electrons. The zero-order valence-corrected chi connectivity index (χ0v) is 26.5. The molecule has 2 heterocycles. The monoisotopic (exact) mass is 675 g/mol. The van der Waals surface area contributed by atoms with E-state index in [1.54, 1.807) is 47.4 Å². The van der Waals surface area contributed by atoms with Crippen LogP contribution in [0.2, 0.25) is 15.1 Å². The van der Waals surface area contributed by atoms with Gasteiger partial charge in [0, 0.05) is 45.7 Å². The van der Waals surface area contributed by atoms with Crippen molar-refractivity contribution < 1.29 is 23.8 Å². The third kappa shape index (κ3) is 6.88. The Kier molecular flexibility index (Phi) is 10.1. The summed E-state index contributed by atoms with van der Waals surface area (Å²) in [6.45, 7) is 0.525. The molecule has 4 aromatic rings. The number of thiophene rings is 1. The van der Waals surface area contributed by atoms with Gasteiger partial charge in [0.05, 0.1) is 11.6 Å². The molecule has 1 aliphatic heterocycles. The van der Waals surface area contributed by atoms with Gasteiger partial charge in [0.15, 0.2) is 5.75 Å². The largest absolute Gasteiger partial charge is 0.489 e. The Balaban J connectivity index is 1.48. The van der Waals surface area contributed by atoms with Crippen LogP contribution in [0.5, 0.6) is 5.75 Å². The molecule has 4 N–H and O–H groups in total. The number of hydrogen-bond donors (Lipinski definition) is 3. The summed E-state index contributed by atoms with van der Waals surface area (Å²) in [5.74, 6) is -0.828. The predicted molar refractivity (Wildman–Crippen MR) is 173 cm³/mol. The molecule has 1 aromatic heterocycles. The number of nitrogens with zero attached hydrogens (tertiary/aromatic N) is 1. The van der Waals surface area contributed by atoms with Crippen molar-refractivity contribution in [2.75, 3.05) is 26.3 Å². The summed E-state index contributed by atoms with van der Waals surface area (Å²) >= 11 is 20.2. The van der Waals surface area contributed by atoms with Crippen LogP contribution in [0.3, 0.4) is 0 Å². The smallest absolute Gasteiger partial charge is 0.267 e. The van der Waals surface area contributed by atoms with Crippen LogP contribution in [0.25, 0.3) is 21.6 Å². The van der Waals surface area contributed by atoms with E-state index in [-0.39, 0.29) is 50.9 Å². The van der Waals surface area contributed by atoms with Crippen LogP contribution in [-0.2, 0) is 11.3 Å². The van der Waals surface area contributed by atoms with E-state index in [2.05, 4.69) is 5.32 Å². The molecule has 5 rings (SSSR count). The maximum absolute atomic E-state index is 14.1. The lowest BCUT2D eigenvalue weighted by Crippen LogP contribution is -2.61. The molecule has 0 atom stereocenters. The van der Waals surface area contributed by atoms with Crippen LogP contribution >= 0.6 is 46.1 Å². The Hall–Kier alpha value is -3.18. The molecule has 7 nitrogen and oxygen atoms in total. The number of ether oxygens (including phenoxy) is 1. The van der Waals surface area contributed by atoms with Gasteiger partial charge >= 0.3 is 0 Å². The number of nitrogens with one attached hydrogen (secondary N) is 1. The number of nitrogens with two attached hydrogens (primary N) is 1. The number of carbonyl (C=O) groups is 2. The average Bonchev–Trinajstić information content (AvgIpc) is 3.38. The minimum atomic E-state index is -1.03. The average molecular weight is 677 g/mol. The van der Waals surface area contributed by atoms with Gasteiger partial charge in [-0.1, -0.05) is 65.1 Å². The van der Waals surface area contributed by atoms with Crippen molar-refractivity contribution in [1.82, 2.24) is 10.2 Å². The minimum Gasteiger partial charge on any atom is -0.489 e. The summed E-state index contributed by atoms with van der Waals surface area (Å²) < 4.78 is 19.4. The number of aliphatic hydroxyl groups excluding tert-OH is 1. The fraction of sp³-hybridized carbons (Fsp3) is 0.250. The zero-order valence-electron chi connectivity index (χ0n) is 23.4. The molecule has 44 heavy (non-hydrogen) atoms. The van der Waals surface area contributed by atoms with Crippen molar-refractivity contribution in [2.45, 2.75) is 24.9 Å². The Morgan fingerprint density at radius 2 is 1.66 bits per heavy atom. The number of rotatable bonds is 10. The van der Waals surface area contributed by atoms with Gasteiger partial charge in [0.1, 0.15) is 22.8 Å². The van der Waals surface area contributed by atoms with E-state index < -0.39 is 11.4 Å². The topological polar surface area (TPSA) is 105 Å². The molecule has 0 aliphatic carbocycles. The molecular weight excluding hydrogens is 648 g/mol. The van der Waals surface area contributed by atoms with Crippen molar-refractivity contribution in [3.05, 3.63) is 98.1 Å². The van der Waals surface area contributed by atoms with E-state index in [9.17, 15) is 19.1 Å². The van der Waals surface area contributed by atoms with Crippen molar-refractivity contribution in [3.63, 3.8) is 0 Å². The SMILES string of the molecule is NC(=O)C1(NCc2ccc(F)cc2)CCN(C(=O)c2sc(-c3ccc(Cl)cc3Cl)c(-c3ccc(Cl)cc3)c2OCCO)CC1. The first-order valence-corrected chi connectivity index (χ1v) is 15.8. The minimum absolute atomic E-state index is 0.0382. The summed E-state index contributed by atoms with van der Waals surface area (Å²) in [7, 11) is 0. The molecule has 230 valence electrons. The van der Waals surface area contributed by atoms with E-state index >= 15 is 0 Å². The lowest BCUT2D eigenvalue weighted by Gasteiger charge is -2.40. The Morgan fingerprint density at radius 3 is 2.27 bits per heavy atom. The number of carbonyl (C=O) groups excluding carboxylic acids is 2. The maximum Gasteiger partial charge on any atom is 0.267 e. The molecule has 1 fully saturated rings. The van der Waals surface area contributed by atoms with Gasteiger partial charge in [-0.25, -0.2) is 4.39 Å². The fourth-order valence-electron chi connectivity index (χ4n) is 5.20. The highest BCUT2D eigenvalue weighted by Gasteiger charge is 2.41. The molecule has 0 spiro atoms. The second-order valence-corrected chi connectivity index (χ2v) is 12.7. The number of halogens is 4. The van der Waals surface area contributed by atoms with Gasteiger partial charge in [-0.15, -0.1) is 11.3 Å². The molecule has 3 aromatic carbocycles. The second-order valence-electron chi connectivity index (χ2n) is 10.4. The quantitative estimate of drug-likeness (QED) is 0.171. The number of likely N-dealkylation sites (tertiary alicyclic amines) is 1. The van der Waals surface area contributed by atoms with Gasteiger partial charge in [-0.2, -0.15) is 0 Å². The number of piperidine rings is 1. The molecule has 1 aliphatic rings. The van der Waals surface area contributed by atoms with Crippen LogP contribution in [0.1, 0.15) is 28.1 Å². The molecule has 0 unspecified atom stereocenters. The van der Waals surface area contributed by atoms with Crippen molar-refractivity contribution in [3.8, 4) is 27.3 Å². The van der Waals surface area contributed by atoms with Crippen LogP contribution < -0.4 is 15.8 Å². The normalized spacial score (nSPS) is 14.4. The first kappa shape index (κ1) is 32.2. The van der Waals surface area contributed by atoms with Crippen LogP contribution in [-0.4, -0.2) is 53.7 Å². The molecule has 0 saturated carbocycles. The predicted octanol–water partition coefficient (Wildman–Crippen LogP) is 6.80. The first-order valence-electron chi connectivity index (χ1n) is 13.8. The maximum atomic E-state index is 14.1. The van der Waals surface area contributed by atoms with Crippen molar-refractivity contribution >= 4 is 58.0 Å². The third-order valence-corrected chi connectivity index (χ3v) is 9.62. The van der Waals surface area contributed by atoms with E-state index in [1.807, 2.05) is 12.1 Å². The standard InChI is InChI=1S/C32H29Cl3FN3O4S/c33-21-5-3-20(4-6-21)26-27(43-16-15-40)29(44-28(26)24-10-7-22(34)17-25(24)35)30(41)39-13-11-32(12-14-39,31(37)42)38-18-19-1-8-23(36)9-2-19/h1-10,17,38,40H,11-16,18H2,(H2,37,42). The van der Waals surface area contributed by atoms with E-state index in [0.29, 0.717) is 48.2 Å². The lowest BCUT2D eigenvalue weighted by molar-refractivity contribution is -0.126. The number of amides is 2. The fourth-order valence-corrected chi connectivity index (χ4v) is 7.16. The summed E-state index contributed by atoms with van der Waals surface area (Å²) in [6.07, 6.45) is 0.570. The Bertz CT molecular complexity index is 1660. The van der Waals surface area contributed by atoms with Crippen LogP contribution in [0.15, 0.2) is 66.7 Å². The molecule has 12 heteroatoms. The molecule has 0 bridgehead atoms. The summed E-state index contributed by atoms with van der Waals surface area (Å²) in [4.78, 5) is 29.5. The lowest BCUT2D eigenvalue weighted by atomic mass is 9.86. The third-order valence-electron chi connectivity index (χ3n) is 7.63. The number of benzene rings is 3. The van der Waals surface area contributed by atoms with Gasteiger partial charge < -0.3 is 20.5 Å². The molecular formula is C32H29Cl3FN3O4S. The van der Waals surface area contributed by atoms with Crippen molar-refractivity contribution in [2.24, 2.45) is 5.73 Å². The van der Waals surface area contributed by atoms with Crippen LogP contribution in [0.4, 0.5) is 4.39 Å². The van der Waals surface area contributed by atoms with Gasteiger partial charge in [-0.05, 0) is 60.4 Å². The summed E-state index contributed by atoms with van der Waals surface area (Å²) in [5, 5.41) is 14.3. The van der Waals surface area contributed by atoms with E-state index in [1.165, 1.54) is 23.5 Å². The van der Waals surface area contributed by atoms with Crippen LogP contribution in [0, 0.1) is 5.82 Å². The van der Waals surface area contributed by atoms with Crippen molar-refractivity contribution in [1.29, 1.82) is 0 Å². The number of primary amides is 1.